The van der Waals surface area contributed by atoms with Crippen LogP contribution in [-0.2, 0) is 10.5 Å². The van der Waals surface area contributed by atoms with Gasteiger partial charge in [0.25, 0.3) is 5.56 Å². The predicted octanol–water partition coefficient (Wildman–Crippen LogP) is 4.29. The van der Waals surface area contributed by atoms with E-state index in [1.54, 1.807) is 6.26 Å². The minimum Gasteiger partial charge on any atom is -0.468 e. The lowest BCUT2D eigenvalue weighted by atomic mass is 10.1. The molecule has 0 spiro atoms. The van der Waals surface area contributed by atoms with Crippen molar-refractivity contribution in [2.75, 3.05) is 20.6 Å². The Morgan fingerprint density at radius 1 is 1.24 bits per heavy atom. The quantitative estimate of drug-likeness (QED) is 0.370. The number of nitrogens with one attached hydrogen (secondary N) is 2. The van der Waals surface area contributed by atoms with Crippen LogP contribution in [0.4, 0.5) is 0 Å². The van der Waals surface area contributed by atoms with Gasteiger partial charge < -0.3 is 14.7 Å². The molecule has 0 aliphatic carbocycles. The number of fused-ring (bicyclic) bond motifs is 1. The van der Waals surface area contributed by atoms with Gasteiger partial charge in [-0.15, -0.1) is 23.1 Å². The van der Waals surface area contributed by atoms with Crippen LogP contribution in [0.15, 0.2) is 63.3 Å². The number of thioether (sulfide) groups is 1. The third-order valence-corrected chi connectivity index (χ3v) is 7.41. The molecule has 0 bridgehead atoms. The fourth-order valence-electron chi connectivity index (χ4n) is 3.53. The van der Waals surface area contributed by atoms with Gasteiger partial charge in [-0.05, 0) is 38.7 Å². The molecule has 33 heavy (non-hydrogen) atoms. The van der Waals surface area contributed by atoms with Crippen LogP contribution in [0.25, 0.3) is 21.3 Å². The smallest absolute Gasteiger partial charge is 0.260 e. The zero-order valence-corrected chi connectivity index (χ0v) is 20.3. The lowest BCUT2D eigenvalue weighted by Crippen LogP contribution is -2.38. The van der Waals surface area contributed by atoms with Gasteiger partial charge in [0, 0.05) is 17.5 Å². The molecule has 2 N–H and O–H groups in total. The molecule has 0 aliphatic rings. The number of nitrogens with zero attached hydrogens (tertiary/aromatic N) is 2. The Morgan fingerprint density at radius 3 is 2.73 bits per heavy atom. The third-order valence-electron chi connectivity index (χ3n) is 5.38. The van der Waals surface area contributed by atoms with E-state index in [0.717, 1.165) is 16.9 Å². The maximum Gasteiger partial charge on any atom is 0.260 e. The van der Waals surface area contributed by atoms with Crippen molar-refractivity contribution in [2.24, 2.45) is 0 Å². The van der Waals surface area contributed by atoms with Gasteiger partial charge in [0.2, 0.25) is 5.91 Å². The van der Waals surface area contributed by atoms with Crippen LogP contribution in [0.3, 0.4) is 0 Å². The molecule has 9 heteroatoms. The van der Waals surface area contributed by atoms with E-state index in [4.69, 9.17) is 4.42 Å². The number of carbonyl (C=O) groups is 1. The lowest BCUT2D eigenvalue weighted by molar-refractivity contribution is -0.120. The van der Waals surface area contributed by atoms with Gasteiger partial charge in [-0.1, -0.05) is 30.3 Å². The molecule has 1 amide bonds. The highest BCUT2D eigenvalue weighted by Gasteiger charge is 2.21. The highest BCUT2D eigenvalue weighted by atomic mass is 32.2. The average Bonchev–Trinajstić information content (AvgIpc) is 3.48. The maximum absolute atomic E-state index is 12.8. The Kier molecular flexibility index (Phi) is 7.32. The molecule has 2 unspecified atom stereocenters. The number of furan rings is 1. The highest BCUT2D eigenvalue weighted by molar-refractivity contribution is 7.99. The van der Waals surface area contributed by atoms with Crippen molar-refractivity contribution < 1.29 is 9.21 Å². The molecule has 0 saturated carbocycles. The molecule has 7 nitrogen and oxygen atoms in total. The summed E-state index contributed by atoms with van der Waals surface area (Å²) in [6.07, 6.45) is 1.63. The number of thiophene rings is 1. The van der Waals surface area contributed by atoms with Gasteiger partial charge in [0.15, 0.2) is 0 Å². The Hall–Kier alpha value is -2.88. The van der Waals surface area contributed by atoms with E-state index in [9.17, 15) is 9.59 Å². The molecule has 172 valence electrons. The van der Waals surface area contributed by atoms with Crippen molar-refractivity contribution in [3.63, 3.8) is 0 Å². The Balaban J connectivity index is 1.39. The number of aromatic amines is 1. The summed E-state index contributed by atoms with van der Waals surface area (Å²) in [5.41, 5.74) is 1.73. The van der Waals surface area contributed by atoms with E-state index in [-0.39, 0.29) is 22.8 Å². The monoisotopic (exact) mass is 482 g/mol. The minimum absolute atomic E-state index is 0.0424. The number of carbonyl (C=O) groups excluding carboxylic acids is 1. The second-order valence-corrected chi connectivity index (χ2v) is 10.1. The van der Waals surface area contributed by atoms with E-state index in [1.807, 2.05) is 73.8 Å². The number of H-pyrrole nitrogens is 1. The van der Waals surface area contributed by atoms with Crippen LogP contribution in [0.1, 0.15) is 24.6 Å². The maximum atomic E-state index is 12.8. The van der Waals surface area contributed by atoms with Crippen LogP contribution in [0.5, 0.6) is 0 Å². The van der Waals surface area contributed by atoms with Gasteiger partial charge in [-0.3, -0.25) is 14.5 Å². The first-order chi connectivity index (χ1) is 15.9. The van der Waals surface area contributed by atoms with E-state index in [1.165, 1.54) is 23.1 Å². The van der Waals surface area contributed by atoms with E-state index < -0.39 is 0 Å². The molecule has 0 radical (unpaired) electrons. The molecule has 0 aliphatic heterocycles. The average molecular weight is 483 g/mol. The Labute approximate surface area is 200 Å². The minimum atomic E-state index is -0.298. The largest absolute Gasteiger partial charge is 0.468 e. The molecule has 2 atom stereocenters. The van der Waals surface area contributed by atoms with Crippen LogP contribution >= 0.6 is 23.1 Å². The van der Waals surface area contributed by atoms with Crippen LogP contribution in [-0.4, -0.2) is 46.7 Å². The molecule has 3 heterocycles. The Bertz CT molecular complexity index is 1270. The molecular formula is C24H26N4O3S2. The SMILES string of the molecule is CC(SCc1nc2scc(-c3ccccc3)c2c(=O)[nH]1)C(=O)NCC(c1ccco1)N(C)C. The standard InChI is InChI=1S/C24H26N4O3S2/c1-15(22(29)25-12-18(28(2)3)19-10-7-11-31-19)32-14-20-26-23(30)21-17(13-33-24(21)27-20)16-8-5-4-6-9-16/h4-11,13,15,18H,12,14H2,1-3H3,(H,25,29)(H,26,27,30). The Morgan fingerprint density at radius 2 is 2.03 bits per heavy atom. The van der Waals surface area contributed by atoms with Gasteiger partial charge in [0.1, 0.15) is 16.4 Å². The van der Waals surface area contributed by atoms with Crippen LogP contribution < -0.4 is 10.9 Å². The summed E-state index contributed by atoms with van der Waals surface area (Å²) in [5, 5.41) is 5.28. The molecular weight excluding hydrogens is 456 g/mol. The number of hydrogen-bond acceptors (Lipinski definition) is 7. The van der Waals surface area contributed by atoms with Gasteiger partial charge >= 0.3 is 0 Å². The summed E-state index contributed by atoms with van der Waals surface area (Å²) in [6.45, 7) is 2.30. The lowest BCUT2D eigenvalue weighted by Gasteiger charge is -2.23. The number of likely N-dealkylation sites (N-methyl/N-ethyl adjacent to an activating group) is 1. The summed E-state index contributed by atoms with van der Waals surface area (Å²) in [4.78, 5) is 35.7. The summed E-state index contributed by atoms with van der Waals surface area (Å²) in [6, 6.07) is 13.5. The fourth-order valence-corrected chi connectivity index (χ4v) is 5.28. The fraction of sp³-hybridized carbons (Fsp3) is 0.292. The van der Waals surface area contributed by atoms with Crippen molar-refractivity contribution in [3.05, 3.63) is 76.0 Å². The van der Waals surface area contributed by atoms with Crippen molar-refractivity contribution in [1.29, 1.82) is 0 Å². The van der Waals surface area contributed by atoms with Gasteiger partial charge in [-0.25, -0.2) is 4.98 Å². The predicted molar refractivity (Wildman–Crippen MR) is 135 cm³/mol. The van der Waals surface area contributed by atoms with E-state index in [2.05, 4.69) is 15.3 Å². The van der Waals surface area contributed by atoms with Gasteiger partial charge in [-0.2, -0.15) is 0 Å². The van der Waals surface area contributed by atoms with Crippen molar-refractivity contribution in [1.82, 2.24) is 20.2 Å². The topological polar surface area (TPSA) is 91.2 Å². The number of amides is 1. The van der Waals surface area contributed by atoms with Crippen LogP contribution in [0.2, 0.25) is 0 Å². The van der Waals surface area contributed by atoms with Crippen LogP contribution in [0, 0.1) is 0 Å². The summed E-state index contributed by atoms with van der Waals surface area (Å²) < 4.78 is 5.49. The molecule has 3 aromatic heterocycles. The molecule has 0 saturated heterocycles. The summed E-state index contributed by atoms with van der Waals surface area (Å²) in [7, 11) is 3.90. The highest BCUT2D eigenvalue weighted by Crippen LogP contribution is 2.30. The molecule has 0 fully saturated rings. The second-order valence-electron chi connectivity index (χ2n) is 7.90. The number of rotatable bonds is 9. The van der Waals surface area contributed by atoms with Crippen molar-refractivity contribution >= 4 is 39.2 Å². The number of aromatic nitrogens is 2. The second kappa shape index (κ2) is 10.4. The normalized spacial score (nSPS) is 13.3. The first-order valence-corrected chi connectivity index (χ1v) is 12.5. The first kappa shape index (κ1) is 23.3. The van der Waals surface area contributed by atoms with Crippen molar-refractivity contribution in [2.45, 2.75) is 24.0 Å². The molecule has 1 aromatic carbocycles. The number of hydrogen-bond donors (Lipinski definition) is 2. The zero-order valence-electron chi connectivity index (χ0n) is 18.7. The summed E-state index contributed by atoms with van der Waals surface area (Å²) >= 11 is 2.90. The molecule has 4 rings (SSSR count). The van der Waals surface area contributed by atoms with E-state index in [0.29, 0.717) is 28.3 Å². The zero-order chi connectivity index (χ0) is 23.4. The third kappa shape index (κ3) is 5.38. The number of benzene rings is 1. The van der Waals surface area contributed by atoms with Crippen molar-refractivity contribution in [3.8, 4) is 11.1 Å². The molecule has 4 aromatic rings. The van der Waals surface area contributed by atoms with E-state index >= 15 is 0 Å². The first-order valence-electron chi connectivity index (χ1n) is 10.6. The summed E-state index contributed by atoms with van der Waals surface area (Å²) in [5.74, 6) is 1.75. The van der Waals surface area contributed by atoms with Gasteiger partial charge in [0.05, 0.1) is 28.7 Å².